The molecular weight excluding hydrogens is 442 g/mol. The zero-order valence-electron chi connectivity index (χ0n) is 17.9. The van der Waals surface area contributed by atoms with Gasteiger partial charge in [-0.25, -0.2) is 19.9 Å². The summed E-state index contributed by atoms with van der Waals surface area (Å²) in [6, 6.07) is 7.77. The van der Waals surface area contributed by atoms with Gasteiger partial charge < -0.3 is 19.1 Å². The quantitative estimate of drug-likeness (QED) is 0.424. The number of hydrogen-bond donors (Lipinski definition) is 0. The fourth-order valence-electron chi connectivity index (χ4n) is 3.71. The number of ether oxygens (including phenoxy) is 3. The molecule has 10 nitrogen and oxygen atoms in total. The molecule has 4 aromatic rings. The van der Waals surface area contributed by atoms with Gasteiger partial charge in [0, 0.05) is 36.3 Å². The molecule has 1 aliphatic heterocycles. The summed E-state index contributed by atoms with van der Waals surface area (Å²) < 4.78 is 16.6. The molecule has 5 heterocycles. The maximum Gasteiger partial charge on any atom is 0.319 e. The Labute approximate surface area is 193 Å². The molecule has 1 unspecified atom stereocenters. The summed E-state index contributed by atoms with van der Waals surface area (Å²) in [4.78, 5) is 25.7. The van der Waals surface area contributed by atoms with Crippen LogP contribution in [0.2, 0.25) is 0 Å². The first-order chi connectivity index (χ1) is 16.2. The van der Waals surface area contributed by atoms with Crippen LogP contribution >= 0.6 is 11.3 Å². The lowest BCUT2D eigenvalue weighted by Gasteiger charge is -2.18. The highest BCUT2D eigenvalue weighted by molar-refractivity contribution is 7.22. The number of nitriles is 1. The minimum atomic E-state index is -0.0244. The highest BCUT2D eigenvalue weighted by atomic mass is 32.1. The number of pyridine rings is 1. The van der Waals surface area contributed by atoms with Gasteiger partial charge in [0.1, 0.15) is 29.1 Å². The molecule has 11 heteroatoms. The van der Waals surface area contributed by atoms with Gasteiger partial charge in [-0.15, -0.1) is 11.3 Å². The number of nitrogens with zero attached hydrogens (tertiary/aromatic N) is 7. The topological polar surface area (TPSA) is 119 Å². The van der Waals surface area contributed by atoms with E-state index < -0.39 is 0 Å². The van der Waals surface area contributed by atoms with E-state index in [1.807, 2.05) is 6.07 Å². The van der Waals surface area contributed by atoms with Gasteiger partial charge in [-0.2, -0.15) is 10.2 Å². The fourth-order valence-corrected chi connectivity index (χ4v) is 4.70. The zero-order chi connectivity index (χ0) is 22.8. The third kappa shape index (κ3) is 4.08. The third-order valence-corrected chi connectivity index (χ3v) is 6.36. The van der Waals surface area contributed by atoms with Crippen molar-refractivity contribution in [1.82, 2.24) is 24.9 Å². The second-order valence-electron chi connectivity index (χ2n) is 7.28. The number of anilines is 1. The molecule has 0 aliphatic carbocycles. The summed E-state index contributed by atoms with van der Waals surface area (Å²) in [7, 11) is 3.08. The van der Waals surface area contributed by atoms with Crippen LogP contribution in [-0.4, -0.2) is 58.3 Å². The van der Waals surface area contributed by atoms with Gasteiger partial charge in [-0.05, 0) is 12.1 Å². The van der Waals surface area contributed by atoms with E-state index in [1.165, 1.54) is 24.6 Å². The Hall–Kier alpha value is -4.04. The molecule has 0 aromatic carbocycles. The Morgan fingerprint density at radius 1 is 1.12 bits per heavy atom. The van der Waals surface area contributed by atoms with Crippen LogP contribution in [-0.2, 0) is 0 Å². The van der Waals surface area contributed by atoms with Gasteiger partial charge in [-0.3, -0.25) is 0 Å². The molecule has 4 aromatic heterocycles. The van der Waals surface area contributed by atoms with Crippen molar-refractivity contribution >= 4 is 27.4 Å². The molecule has 0 amide bonds. The molecule has 0 spiro atoms. The van der Waals surface area contributed by atoms with Crippen LogP contribution in [0.3, 0.4) is 0 Å². The van der Waals surface area contributed by atoms with Crippen LogP contribution in [0, 0.1) is 11.3 Å². The normalized spacial score (nSPS) is 15.4. The first kappa shape index (κ1) is 20.8. The Bertz CT molecular complexity index is 1340. The highest BCUT2D eigenvalue weighted by Crippen LogP contribution is 2.40. The number of hydrogen-bond acceptors (Lipinski definition) is 11. The minimum Gasteiger partial charge on any atom is -0.480 e. The van der Waals surface area contributed by atoms with Crippen molar-refractivity contribution in [3.05, 3.63) is 42.5 Å². The van der Waals surface area contributed by atoms with Gasteiger partial charge in [-0.1, -0.05) is 0 Å². The van der Waals surface area contributed by atoms with Crippen LogP contribution in [0.15, 0.2) is 36.9 Å². The highest BCUT2D eigenvalue weighted by Gasteiger charge is 2.27. The lowest BCUT2D eigenvalue weighted by Crippen LogP contribution is -2.25. The summed E-state index contributed by atoms with van der Waals surface area (Å²) >= 11 is 1.53. The molecule has 1 aliphatic rings. The van der Waals surface area contributed by atoms with E-state index in [0.717, 1.165) is 39.4 Å². The van der Waals surface area contributed by atoms with Gasteiger partial charge in [0.2, 0.25) is 11.8 Å². The summed E-state index contributed by atoms with van der Waals surface area (Å²) in [6.45, 7) is 1.47. The molecule has 1 fully saturated rings. The monoisotopic (exact) mass is 461 g/mol. The molecular formula is C22H19N7O3S. The average molecular weight is 462 g/mol. The Kier molecular flexibility index (Phi) is 5.58. The summed E-state index contributed by atoms with van der Waals surface area (Å²) in [5.74, 6) is 1.81. The molecule has 0 N–H and O–H groups in total. The largest absolute Gasteiger partial charge is 0.480 e. The van der Waals surface area contributed by atoms with E-state index in [4.69, 9.17) is 19.5 Å². The Morgan fingerprint density at radius 3 is 2.79 bits per heavy atom. The van der Waals surface area contributed by atoms with Crippen LogP contribution in [0.4, 0.5) is 5.82 Å². The zero-order valence-corrected chi connectivity index (χ0v) is 18.7. The Balaban J connectivity index is 1.39. The van der Waals surface area contributed by atoms with Crippen molar-refractivity contribution in [2.24, 2.45) is 0 Å². The molecule has 33 heavy (non-hydrogen) atoms. The van der Waals surface area contributed by atoms with Crippen molar-refractivity contribution in [1.29, 1.82) is 5.26 Å². The number of thiophene rings is 1. The lowest BCUT2D eigenvalue weighted by molar-refractivity contribution is 0.216. The van der Waals surface area contributed by atoms with Crippen molar-refractivity contribution in [3.63, 3.8) is 0 Å². The van der Waals surface area contributed by atoms with E-state index in [1.54, 1.807) is 31.8 Å². The first-order valence-corrected chi connectivity index (χ1v) is 11.0. The standard InChI is InChI=1S/C22H19N7O3S/c1-30-20-16(10-25-22(28-20)31-2)17-7-15-19(26-12-27-21(15)33-17)29-6-5-14(11-29)32-18-4-3-13(8-23)9-24-18/h3-4,7,9-10,12,14H,5-6,11H2,1-2H3. The van der Waals surface area contributed by atoms with E-state index in [-0.39, 0.29) is 12.1 Å². The second kappa shape index (κ2) is 8.84. The summed E-state index contributed by atoms with van der Waals surface area (Å²) in [5, 5.41) is 9.87. The minimum absolute atomic E-state index is 0.0244. The molecule has 0 radical (unpaired) electrons. The average Bonchev–Trinajstić information content (AvgIpc) is 3.51. The maximum absolute atomic E-state index is 8.92. The van der Waals surface area contributed by atoms with Crippen LogP contribution in [0.5, 0.6) is 17.8 Å². The summed E-state index contributed by atoms with van der Waals surface area (Å²) in [5.41, 5.74) is 1.27. The van der Waals surface area contributed by atoms with Crippen molar-refractivity contribution in [2.75, 3.05) is 32.2 Å². The molecule has 166 valence electrons. The third-order valence-electron chi connectivity index (χ3n) is 5.28. The SMILES string of the molecule is COc1ncc(-c2cc3c(N4CCC(Oc5ccc(C#N)cn5)C4)ncnc3s2)c(OC)n1. The maximum atomic E-state index is 8.92. The van der Waals surface area contributed by atoms with E-state index >= 15 is 0 Å². The van der Waals surface area contributed by atoms with Gasteiger partial charge in [0.15, 0.2) is 0 Å². The van der Waals surface area contributed by atoms with Crippen molar-refractivity contribution < 1.29 is 14.2 Å². The van der Waals surface area contributed by atoms with Crippen LogP contribution < -0.4 is 19.1 Å². The predicted molar refractivity (Wildman–Crippen MR) is 122 cm³/mol. The lowest BCUT2D eigenvalue weighted by atomic mass is 10.2. The van der Waals surface area contributed by atoms with Gasteiger partial charge in [0.05, 0.1) is 37.3 Å². The summed E-state index contributed by atoms with van der Waals surface area (Å²) in [6.07, 6.45) is 5.59. The second-order valence-corrected chi connectivity index (χ2v) is 8.31. The van der Waals surface area contributed by atoms with E-state index in [0.29, 0.717) is 23.9 Å². The molecule has 0 saturated carbocycles. The van der Waals surface area contributed by atoms with E-state index in [9.17, 15) is 0 Å². The number of methoxy groups -OCH3 is 2. The number of aromatic nitrogens is 5. The number of rotatable bonds is 6. The Morgan fingerprint density at radius 2 is 2.03 bits per heavy atom. The molecule has 1 saturated heterocycles. The van der Waals surface area contributed by atoms with E-state index in [2.05, 4.69) is 35.9 Å². The number of fused-ring (bicyclic) bond motifs is 1. The van der Waals surface area contributed by atoms with Gasteiger partial charge >= 0.3 is 6.01 Å². The smallest absolute Gasteiger partial charge is 0.319 e. The predicted octanol–water partition coefficient (Wildman–Crippen LogP) is 3.09. The van der Waals surface area contributed by atoms with Crippen LogP contribution in [0.1, 0.15) is 12.0 Å². The van der Waals surface area contributed by atoms with Crippen LogP contribution in [0.25, 0.3) is 20.7 Å². The van der Waals surface area contributed by atoms with Gasteiger partial charge in [0.25, 0.3) is 0 Å². The molecule has 1 atom stereocenters. The molecule has 0 bridgehead atoms. The van der Waals surface area contributed by atoms with Crippen molar-refractivity contribution in [2.45, 2.75) is 12.5 Å². The molecule has 5 rings (SSSR count). The fraction of sp³-hybridized carbons (Fsp3) is 0.273. The first-order valence-electron chi connectivity index (χ1n) is 10.2. The van der Waals surface area contributed by atoms with Crippen molar-refractivity contribution in [3.8, 4) is 34.3 Å².